The van der Waals surface area contributed by atoms with Gasteiger partial charge in [0.2, 0.25) is 0 Å². The molecular weight excluding hydrogens is 623 g/mol. The van der Waals surface area contributed by atoms with E-state index in [9.17, 15) is 0 Å². The van der Waals surface area contributed by atoms with Crippen LogP contribution >= 0.6 is 0 Å². The van der Waals surface area contributed by atoms with Crippen molar-refractivity contribution in [1.29, 1.82) is 0 Å². The fourth-order valence-electron chi connectivity index (χ4n) is 7.51. The highest BCUT2D eigenvalue weighted by atomic mass is 15.1. The van der Waals surface area contributed by atoms with Crippen LogP contribution in [0.2, 0.25) is 0 Å². The number of fused-ring (bicyclic) bond motifs is 3. The molecule has 5 nitrogen and oxygen atoms in total. The number of hydrogen-bond acceptors (Lipinski definition) is 2. The van der Waals surface area contributed by atoms with Gasteiger partial charge in [0.25, 0.3) is 0 Å². The minimum Gasteiger partial charge on any atom is -0.383 e. The van der Waals surface area contributed by atoms with Crippen LogP contribution in [0.3, 0.4) is 0 Å². The standard InChI is InChI=1S/C46H49N5/c1-28(2)35-17-12-18-36(29(3)4)43(35)49-45(47)32-22-23-40-39-16-9-10-21-41(39)51(42(40)27-32)34-15-11-14-33(26-34)46-48-24-25-50(46)44-37(30(5)6)19-13-20-38(44)31(7)8/h9-31H,1-8H3,(H2,47,49). The molecule has 0 aliphatic carbocycles. The van der Waals surface area contributed by atoms with E-state index < -0.39 is 0 Å². The first kappa shape index (κ1) is 34.0. The molecule has 0 aliphatic rings. The Balaban J connectivity index is 1.40. The van der Waals surface area contributed by atoms with Crippen LogP contribution in [-0.2, 0) is 0 Å². The van der Waals surface area contributed by atoms with Crippen LogP contribution in [-0.4, -0.2) is 20.0 Å². The van der Waals surface area contributed by atoms with E-state index in [1.165, 1.54) is 38.7 Å². The van der Waals surface area contributed by atoms with Crippen LogP contribution in [0.25, 0.3) is 44.6 Å². The molecule has 2 heterocycles. The van der Waals surface area contributed by atoms with Crippen LogP contribution < -0.4 is 5.73 Å². The highest BCUT2D eigenvalue weighted by Crippen LogP contribution is 2.38. The van der Waals surface area contributed by atoms with Gasteiger partial charge in [-0.25, -0.2) is 9.98 Å². The summed E-state index contributed by atoms with van der Waals surface area (Å²) in [6.07, 6.45) is 4.02. The summed E-state index contributed by atoms with van der Waals surface area (Å²) in [6, 6.07) is 37.0. The Kier molecular flexibility index (Phi) is 9.15. The molecule has 0 atom stereocenters. The van der Waals surface area contributed by atoms with Crippen LogP contribution in [0.5, 0.6) is 0 Å². The van der Waals surface area contributed by atoms with Crippen molar-refractivity contribution in [3.63, 3.8) is 0 Å². The number of nitrogens with two attached hydrogens (primary N) is 1. The molecule has 258 valence electrons. The summed E-state index contributed by atoms with van der Waals surface area (Å²) < 4.78 is 4.63. The summed E-state index contributed by atoms with van der Waals surface area (Å²) >= 11 is 0. The van der Waals surface area contributed by atoms with Gasteiger partial charge in [-0.05, 0) is 70.2 Å². The quantitative estimate of drug-likeness (QED) is 0.123. The summed E-state index contributed by atoms with van der Waals surface area (Å²) in [5, 5.41) is 2.37. The van der Waals surface area contributed by atoms with E-state index in [4.69, 9.17) is 15.7 Å². The second-order valence-corrected chi connectivity index (χ2v) is 14.9. The van der Waals surface area contributed by atoms with Crippen molar-refractivity contribution >= 4 is 33.3 Å². The first-order valence-electron chi connectivity index (χ1n) is 18.3. The van der Waals surface area contributed by atoms with Gasteiger partial charge in [-0.3, -0.25) is 4.57 Å². The smallest absolute Gasteiger partial charge is 0.144 e. The van der Waals surface area contributed by atoms with Gasteiger partial charge >= 0.3 is 0 Å². The molecule has 5 heteroatoms. The minimum absolute atomic E-state index is 0.332. The Hall–Kier alpha value is -5.42. The van der Waals surface area contributed by atoms with E-state index in [2.05, 4.69) is 174 Å². The lowest BCUT2D eigenvalue weighted by Crippen LogP contribution is -2.13. The zero-order valence-corrected chi connectivity index (χ0v) is 31.1. The van der Waals surface area contributed by atoms with Gasteiger partial charge in [0.15, 0.2) is 0 Å². The zero-order chi connectivity index (χ0) is 36.0. The van der Waals surface area contributed by atoms with Crippen LogP contribution in [0.1, 0.15) is 107 Å². The monoisotopic (exact) mass is 671 g/mol. The molecule has 7 aromatic rings. The Morgan fingerprint density at radius 3 is 1.84 bits per heavy atom. The lowest BCUT2D eigenvalue weighted by atomic mass is 9.92. The number of aromatic nitrogens is 3. The molecule has 7 rings (SSSR count). The Morgan fingerprint density at radius 1 is 0.608 bits per heavy atom. The van der Waals surface area contributed by atoms with Crippen LogP contribution in [0.4, 0.5) is 5.69 Å². The molecule has 0 unspecified atom stereocenters. The van der Waals surface area contributed by atoms with Gasteiger partial charge in [0.05, 0.1) is 22.4 Å². The number of hydrogen-bond donors (Lipinski definition) is 1. The van der Waals surface area contributed by atoms with Crippen molar-refractivity contribution < 1.29 is 0 Å². The molecule has 0 aliphatic heterocycles. The SMILES string of the molecule is CC(C)c1cccc(C(C)C)c1N=C(N)c1ccc2c3ccccc3n(-c3cccc(-c4nccn4-c4c(C(C)C)cccc4C(C)C)c3)c2c1. The molecule has 2 N–H and O–H groups in total. The number of amidine groups is 1. The molecule has 5 aromatic carbocycles. The van der Waals surface area contributed by atoms with E-state index >= 15 is 0 Å². The first-order chi connectivity index (χ1) is 24.5. The average molecular weight is 672 g/mol. The third kappa shape index (κ3) is 6.16. The van der Waals surface area contributed by atoms with Crippen molar-refractivity contribution in [2.75, 3.05) is 0 Å². The summed E-state index contributed by atoms with van der Waals surface area (Å²) in [5.41, 5.74) is 19.4. The molecule has 0 saturated carbocycles. The number of para-hydroxylation sites is 3. The van der Waals surface area contributed by atoms with E-state index in [-0.39, 0.29) is 0 Å². The summed E-state index contributed by atoms with van der Waals surface area (Å²) in [5.74, 6) is 2.86. The molecule has 0 saturated heterocycles. The fourth-order valence-corrected chi connectivity index (χ4v) is 7.51. The lowest BCUT2D eigenvalue weighted by Gasteiger charge is -2.22. The average Bonchev–Trinajstić information content (AvgIpc) is 3.74. The maximum absolute atomic E-state index is 6.90. The molecule has 0 fully saturated rings. The number of benzene rings is 5. The topological polar surface area (TPSA) is 61.1 Å². The molecule has 0 bridgehead atoms. The van der Waals surface area contributed by atoms with Gasteiger partial charge in [0.1, 0.15) is 11.7 Å². The Bertz CT molecular complexity index is 2350. The van der Waals surface area contributed by atoms with Crippen LogP contribution in [0.15, 0.2) is 121 Å². The second-order valence-electron chi connectivity index (χ2n) is 14.9. The summed E-state index contributed by atoms with van der Waals surface area (Å²) in [7, 11) is 0. The number of rotatable bonds is 9. The highest BCUT2D eigenvalue weighted by Gasteiger charge is 2.20. The van der Waals surface area contributed by atoms with Gasteiger partial charge < -0.3 is 10.3 Å². The van der Waals surface area contributed by atoms with Crippen molar-refractivity contribution in [3.05, 3.63) is 143 Å². The second kappa shape index (κ2) is 13.7. The fraction of sp³-hybridized carbons (Fsp3) is 0.261. The molecular formula is C46H49N5. The normalized spacial score (nSPS) is 12.4. The minimum atomic E-state index is 0.332. The third-order valence-corrected chi connectivity index (χ3v) is 10.1. The van der Waals surface area contributed by atoms with Crippen LogP contribution in [0, 0.1) is 0 Å². The van der Waals surface area contributed by atoms with E-state index in [0.717, 1.165) is 39.4 Å². The predicted molar refractivity (Wildman–Crippen MR) is 217 cm³/mol. The van der Waals surface area contributed by atoms with E-state index in [1.807, 2.05) is 6.20 Å². The maximum Gasteiger partial charge on any atom is 0.144 e. The maximum atomic E-state index is 6.90. The molecule has 51 heavy (non-hydrogen) atoms. The van der Waals surface area contributed by atoms with Crippen molar-refractivity contribution in [2.24, 2.45) is 10.7 Å². The van der Waals surface area contributed by atoms with Crippen molar-refractivity contribution in [2.45, 2.75) is 79.1 Å². The Morgan fingerprint density at radius 2 is 1.20 bits per heavy atom. The summed E-state index contributed by atoms with van der Waals surface area (Å²) in [6.45, 7) is 17.9. The number of imidazole rings is 1. The van der Waals surface area contributed by atoms with E-state index in [1.54, 1.807) is 0 Å². The first-order valence-corrected chi connectivity index (χ1v) is 18.3. The molecule has 0 spiro atoms. The largest absolute Gasteiger partial charge is 0.383 e. The zero-order valence-electron chi connectivity index (χ0n) is 31.1. The third-order valence-electron chi connectivity index (χ3n) is 10.1. The summed E-state index contributed by atoms with van der Waals surface area (Å²) in [4.78, 5) is 10.1. The van der Waals surface area contributed by atoms with Gasteiger partial charge in [0, 0.05) is 40.0 Å². The molecule has 0 amide bonds. The molecule has 0 radical (unpaired) electrons. The lowest BCUT2D eigenvalue weighted by molar-refractivity contribution is 0.806. The van der Waals surface area contributed by atoms with E-state index in [0.29, 0.717) is 29.5 Å². The molecule has 2 aromatic heterocycles. The van der Waals surface area contributed by atoms with Gasteiger partial charge in [-0.1, -0.05) is 134 Å². The van der Waals surface area contributed by atoms with Gasteiger partial charge in [-0.2, -0.15) is 0 Å². The van der Waals surface area contributed by atoms with Crippen molar-refractivity contribution in [1.82, 2.24) is 14.1 Å². The van der Waals surface area contributed by atoms with Gasteiger partial charge in [-0.15, -0.1) is 0 Å². The van der Waals surface area contributed by atoms with Crippen molar-refractivity contribution in [3.8, 4) is 22.8 Å². The Labute approximate surface area is 302 Å². The highest BCUT2D eigenvalue weighted by molar-refractivity contribution is 6.12. The number of nitrogens with zero attached hydrogens (tertiary/aromatic N) is 4. The predicted octanol–water partition coefficient (Wildman–Crippen LogP) is 12.2. The number of aliphatic imine (C=N–C) groups is 1.